The molecule has 1 unspecified atom stereocenters. The van der Waals surface area contributed by atoms with Gasteiger partial charge in [0.25, 0.3) is 0 Å². The van der Waals surface area contributed by atoms with E-state index in [4.69, 9.17) is 4.74 Å². The molecule has 0 saturated carbocycles. The largest absolute Gasteiger partial charge is 0.383 e. The molecule has 1 aliphatic heterocycles. The van der Waals surface area contributed by atoms with Gasteiger partial charge >= 0.3 is 0 Å². The van der Waals surface area contributed by atoms with Gasteiger partial charge in [0, 0.05) is 26.2 Å². The van der Waals surface area contributed by atoms with Crippen molar-refractivity contribution in [3.63, 3.8) is 0 Å². The molecule has 1 atom stereocenters. The predicted molar refractivity (Wildman–Crippen MR) is 64.4 cm³/mol. The third-order valence-corrected chi connectivity index (χ3v) is 3.18. The molecular weight excluding hydrogens is 204 g/mol. The molecule has 0 aliphatic carbocycles. The lowest BCUT2D eigenvalue weighted by Gasteiger charge is -2.35. The molecule has 94 valence electrons. The van der Waals surface area contributed by atoms with Gasteiger partial charge in [0.15, 0.2) is 0 Å². The number of carbonyl (C=O) groups is 1. The van der Waals surface area contributed by atoms with Gasteiger partial charge in [0.1, 0.15) is 0 Å². The Morgan fingerprint density at radius 1 is 1.50 bits per heavy atom. The van der Waals surface area contributed by atoms with Crippen LogP contribution in [0.1, 0.15) is 32.6 Å². The zero-order chi connectivity index (χ0) is 11.8. The van der Waals surface area contributed by atoms with E-state index in [-0.39, 0.29) is 5.91 Å². The molecule has 0 bridgehead atoms. The molecule has 0 spiro atoms. The highest BCUT2D eigenvalue weighted by Crippen LogP contribution is 2.19. The van der Waals surface area contributed by atoms with Gasteiger partial charge in [-0.1, -0.05) is 6.92 Å². The average Bonchev–Trinajstić information content (AvgIpc) is 2.34. The molecule has 1 amide bonds. The van der Waals surface area contributed by atoms with Crippen molar-refractivity contribution >= 4 is 5.91 Å². The van der Waals surface area contributed by atoms with Crippen LogP contribution in [0.4, 0.5) is 0 Å². The first kappa shape index (κ1) is 13.5. The Morgan fingerprint density at radius 3 is 3.00 bits per heavy atom. The lowest BCUT2D eigenvalue weighted by Crippen LogP contribution is -2.47. The molecule has 1 heterocycles. The molecular formula is C12H24N2O2. The van der Waals surface area contributed by atoms with Crippen LogP contribution in [0, 0.1) is 0 Å². The van der Waals surface area contributed by atoms with Crippen molar-refractivity contribution in [1.82, 2.24) is 10.2 Å². The second-order valence-corrected chi connectivity index (χ2v) is 4.31. The van der Waals surface area contributed by atoms with E-state index >= 15 is 0 Å². The topological polar surface area (TPSA) is 41.6 Å². The second kappa shape index (κ2) is 7.63. The summed E-state index contributed by atoms with van der Waals surface area (Å²) >= 11 is 0. The van der Waals surface area contributed by atoms with Crippen LogP contribution in [0.25, 0.3) is 0 Å². The quantitative estimate of drug-likeness (QED) is 0.690. The fraction of sp³-hybridized carbons (Fsp3) is 0.917. The number of nitrogens with one attached hydrogen (secondary N) is 1. The Morgan fingerprint density at radius 2 is 2.31 bits per heavy atom. The van der Waals surface area contributed by atoms with Gasteiger partial charge in [-0.25, -0.2) is 0 Å². The summed E-state index contributed by atoms with van der Waals surface area (Å²) in [5, 5.41) is 3.11. The molecule has 1 rings (SSSR count). The highest BCUT2D eigenvalue weighted by Gasteiger charge is 2.24. The number of piperidine rings is 1. The van der Waals surface area contributed by atoms with Crippen molar-refractivity contribution < 1.29 is 9.53 Å². The summed E-state index contributed by atoms with van der Waals surface area (Å²) in [6, 6.07) is 0.463. The Labute approximate surface area is 98.3 Å². The summed E-state index contributed by atoms with van der Waals surface area (Å²) in [4.78, 5) is 14.0. The van der Waals surface area contributed by atoms with Crippen molar-refractivity contribution in [2.24, 2.45) is 0 Å². The van der Waals surface area contributed by atoms with Crippen molar-refractivity contribution in [3.8, 4) is 0 Å². The van der Waals surface area contributed by atoms with Gasteiger partial charge in [-0.2, -0.15) is 0 Å². The van der Waals surface area contributed by atoms with Gasteiger partial charge in [0.05, 0.1) is 13.2 Å². The van der Waals surface area contributed by atoms with Crippen LogP contribution in [0.15, 0.2) is 0 Å². The van der Waals surface area contributed by atoms with Crippen molar-refractivity contribution in [2.45, 2.75) is 38.6 Å². The normalized spacial score (nSPS) is 21.1. The monoisotopic (exact) mass is 228 g/mol. The minimum atomic E-state index is 0.239. The van der Waals surface area contributed by atoms with Gasteiger partial charge in [-0.15, -0.1) is 0 Å². The van der Waals surface area contributed by atoms with Crippen LogP contribution in [0.2, 0.25) is 0 Å². The maximum Gasteiger partial charge on any atom is 0.236 e. The number of carbonyl (C=O) groups excluding carboxylic acids is 1. The average molecular weight is 228 g/mol. The van der Waals surface area contributed by atoms with Crippen LogP contribution < -0.4 is 5.32 Å². The zero-order valence-electron chi connectivity index (χ0n) is 10.5. The number of amides is 1. The lowest BCUT2D eigenvalue weighted by atomic mass is 10.00. The molecule has 1 N–H and O–H groups in total. The summed E-state index contributed by atoms with van der Waals surface area (Å²) < 4.78 is 4.92. The molecule has 0 aromatic heterocycles. The molecule has 4 nitrogen and oxygen atoms in total. The molecule has 4 heteroatoms. The number of ether oxygens (including phenoxy) is 1. The van der Waals surface area contributed by atoms with E-state index < -0.39 is 0 Å². The Kier molecular flexibility index (Phi) is 6.42. The third-order valence-electron chi connectivity index (χ3n) is 3.18. The van der Waals surface area contributed by atoms with Crippen molar-refractivity contribution in [1.29, 1.82) is 0 Å². The van der Waals surface area contributed by atoms with E-state index in [9.17, 15) is 4.79 Å². The van der Waals surface area contributed by atoms with E-state index in [1.807, 2.05) is 4.90 Å². The molecule has 0 radical (unpaired) electrons. The Hall–Kier alpha value is -0.610. The number of likely N-dealkylation sites (tertiary alicyclic amines) is 1. The summed E-state index contributed by atoms with van der Waals surface area (Å²) in [6.07, 6.45) is 4.66. The number of hydrogen-bond acceptors (Lipinski definition) is 3. The highest BCUT2D eigenvalue weighted by atomic mass is 16.5. The highest BCUT2D eigenvalue weighted by molar-refractivity contribution is 5.78. The minimum absolute atomic E-state index is 0.239. The first-order chi connectivity index (χ1) is 7.79. The van der Waals surface area contributed by atoms with Gasteiger partial charge in [0.2, 0.25) is 5.91 Å². The van der Waals surface area contributed by atoms with Crippen LogP contribution in [-0.2, 0) is 9.53 Å². The van der Waals surface area contributed by atoms with Gasteiger partial charge < -0.3 is 15.0 Å². The Bertz CT molecular complexity index is 209. The second-order valence-electron chi connectivity index (χ2n) is 4.31. The smallest absolute Gasteiger partial charge is 0.236 e. The summed E-state index contributed by atoms with van der Waals surface area (Å²) in [6.45, 7) is 4.94. The predicted octanol–water partition coefficient (Wildman–Crippen LogP) is 1.01. The van der Waals surface area contributed by atoms with Crippen LogP contribution in [0.5, 0.6) is 0 Å². The first-order valence-corrected chi connectivity index (χ1v) is 6.28. The SMILES string of the molecule is CCC1CCCCN1C(=O)CNCCOC. The van der Waals surface area contributed by atoms with Crippen molar-refractivity contribution in [2.75, 3.05) is 33.4 Å². The molecule has 16 heavy (non-hydrogen) atoms. The molecule has 0 aromatic rings. The minimum Gasteiger partial charge on any atom is -0.383 e. The zero-order valence-corrected chi connectivity index (χ0v) is 10.5. The number of rotatable bonds is 6. The Balaban J connectivity index is 2.27. The molecule has 1 saturated heterocycles. The van der Waals surface area contributed by atoms with Gasteiger partial charge in [-0.3, -0.25) is 4.79 Å². The fourth-order valence-corrected chi connectivity index (χ4v) is 2.22. The summed E-state index contributed by atoms with van der Waals surface area (Å²) in [7, 11) is 1.67. The maximum atomic E-state index is 12.0. The number of nitrogens with zero attached hydrogens (tertiary/aromatic N) is 1. The molecule has 1 fully saturated rings. The van der Waals surface area contributed by atoms with E-state index in [0.717, 1.165) is 25.9 Å². The molecule has 0 aromatic carbocycles. The molecule has 1 aliphatic rings. The van der Waals surface area contributed by atoms with Gasteiger partial charge in [-0.05, 0) is 25.7 Å². The van der Waals surface area contributed by atoms with Crippen LogP contribution in [0.3, 0.4) is 0 Å². The van der Waals surface area contributed by atoms with Crippen LogP contribution >= 0.6 is 0 Å². The lowest BCUT2D eigenvalue weighted by molar-refractivity contribution is -0.133. The third kappa shape index (κ3) is 4.10. The van der Waals surface area contributed by atoms with Crippen LogP contribution in [-0.4, -0.2) is 50.2 Å². The first-order valence-electron chi connectivity index (χ1n) is 6.28. The number of hydrogen-bond donors (Lipinski definition) is 1. The fourth-order valence-electron chi connectivity index (χ4n) is 2.22. The van der Waals surface area contributed by atoms with E-state index in [1.165, 1.54) is 12.8 Å². The summed E-state index contributed by atoms with van der Waals surface area (Å²) in [5.41, 5.74) is 0. The van der Waals surface area contributed by atoms with E-state index in [0.29, 0.717) is 19.2 Å². The maximum absolute atomic E-state index is 12.0. The summed E-state index contributed by atoms with van der Waals surface area (Å²) in [5.74, 6) is 0.239. The number of methoxy groups -OCH3 is 1. The van der Waals surface area contributed by atoms with E-state index in [2.05, 4.69) is 12.2 Å². The van der Waals surface area contributed by atoms with Crippen molar-refractivity contribution in [3.05, 3.63) is 0 Å². The standard InChI is InChI=1S/C12H24N2O2/c1-3-11-6-4-5-8-14(11)12(15)10-13-7-9-16-2/h11,13H,3-10H2,1-2H3. The van der Waals surface area contributed by atoms with E-state index in [1.54, 1.807) is 7.11 Å².